The first-order valence-corrected chi connectivity index (χ1v) is 10.1. The van der Waals surface area contributed by atoms with Gasteiger partial charge in [-0.1, -0.05) is 37.7 Å². The van der Waals surface area contributed by atoms with Gasteiger partial charge in [-0.15, -0.1) is 10.2 Å². The van der Waals surface area contributed by atoms with Crippen molar-refractivity contribution in [3.8, 4) is 0 Å². The van der Waals surface area contributed by atoms with Crippen LogP contribution < -0.4 is 10.6 Å². The summed E-state index contributed by atoms with van der Waals surface area (Å²) >= 11 is 1.35. The Morgan fingerprint density at radius 1 is 1.26 bits per heavy atom. The normalized spacial score (nSPS) is 13.6. The summed E-state index contributed by atoms with van der Waals surface area (Å²) in [4.78, 5) is 24.7. The highest BCUT2D eigenvalue weighted by Gasteiger charge is 2.29. The molecule has 27 heavy (non-hydrogen) atoms. The van der Waals surface area contributed by atoms with Crippen LogP contribution in [0.4, 0.5) is 5.69 Å². The fraction of sp³-hybridized carbons (Fsp3) is 0.474. The van der Waals surface area contributed by atoms with Crippen LogP contribution in [-0.4, -0.2) is 38.9 Å². The molecular formula is C19H25N5O2S. The molecule has 1 aromatic heterocycles. The van der Waals surface area contributed by atoms with Gasteiger partial charge in [-0.05, 0) is 30.9 Å². The first-order chi connectivity index (χ1) is 13.0. The highest BCUT2D eigenvalue weighted by molar-refractivity contribution is 7.99. The predicted octanol–water partition coefficient (Wildman–Crippen LogP) is 2.81. The van der Waals surface area contributed by atoms with E-state index < -0.39 is 0 Å². The Hall–Kier alpha value is -2.35. The predicted molar refractivity (Wildman–Crippen MR) is 106 cm³/mol. The molecule has 8 heteroatoms. The maximum absolute atomic E-state index is 12.4. The van der Waals surface area contributed by atoms with Crippen molar-refractivity contribution in [3.63, 3.8) is 0 Å². The first kappa shape index (κ1) is 19.4. The number of amides is 2. The monoisotopic (exact) mass is 387 g/mol. The molecule has 1 saturated carbocycles. The van der Waals surface area contributed by atoms with E-state index in [2.05, 4.69) is 20.8 Å². The Labute approximate surface area is 163 Å². The molecule has 0 bridgehead atoms. The molecule has 1 aromatic carbocycles. The third-order valence-electron chi connectivity index (χ3n) is 4.26. The number of thioether (sulfide) groups is 1. The van der Waals surface area contributed by atoms with Gasteiger partial charge in [0.05, 0.1) is 17.0 Å². The third-order valence-corrected chi connectivity index (χ3v) is 5.28. The zero-order chi connectivity index (χ0) is 19.4. The van der Waals surface area contributed by atoms with Crippen LogP contribution in [0.1, 0.15) is 48.8 Å². The number of anilines is 1. The Bertz CT molecular complexity index is 829. The van der Waals surface area contributed by atoms with Crippen molar-refractivity contribution in [1.82, 2.24) is 20.1 Å². The molecule has 3 rings (SSSR count). The van der Waals surface area contributed by atoms with Crippen LogP contribution in [0.2, 0.25) is 0 Å². The Kier molecular flexibility index (Phi) is 6.15. The van der Waals surface area contributed by atoms with E-state index in [1.807, 2.05) is 25.5 Å². The average Bonchev–Trinajstić information content (AvgIpc) is 3.41. The SMILES string of the molecule is CC(C)CNC(=O)c1ccccc1NC(=O)CSc1nnc(C2CC2)n1C. The lowest BCUT2D eigenvalue weighted by Crippen LogP contribution is -2.28. The lowest BCUT2D eigenvalue weighted by Gasteiger charge is -2.12. The molecule has 0 atom stereocenters. The largest absolute Gasteiger partial charge is 0.352 e. The first-order valence-electron chi connectivity index (χ1n) is 9.15. The summed E-state index contributed by atoms with van der Waals surface area (Å²) in [7, 11) is 1.93. The van der Waals surface area contributed by atoms with Crippen LogP contribution in [0.3, 0.4) is 0 Å². The second-order valence-corrected chi connectivity index (χ2v) is 8.10. The summed E-state index contributed by atoms with van der Waals surface area (Å²) in [6, 6.07) is 7.03. The summed E-state index contributed by atoms with van der Waals surface area (Å²) in [6.45, 7) is 4.66. The van der Waals surface area contributed by atoms with Crippen molar-refractivity contribution in [2.45, 2.75) is 37.8 Å². The van der Waals surface area contributed by atoms with Gasteiger partial charge in [0.25, 0.3) is 5.91 Å². The summed E-state index contributed by atoms with van der Waals surface area (Å²) in [5.74, 6) is 1.71. The molecule has 1 aliphatic rings. The number of aromatic nitrogens is 3. The Morgan fingerprint density at radius 3 is 2.70 bits per heavy atom. The number of rotatable bonds is 8. The summed E-state index contributed by atoms with van der Waals surface area (Å²) in [5, 5.41) is 14.8. The second-order valence-electron chi connectivity index (χ2n) is 7.16. The second kappa shape index (κ2) is 8.56. The molecule has 144 valence electrons. The number of carbonyl (C=O) groups is 2. The molecule has 0 unspecified atom stereocenters. The van der Waals surface area contributed by atoms with Gasteiger partial charge in [-0.25, -0.2) is 0 Å². The van der Waals surface area contributed by atoms with Crippen molar-refractivity contribution in [3.05, 3.63) is 35.7 Å². The zero-order valence-corrected chi connectivity index (χ0v) is 16.7. The summed E-state index contributed by atoms with van der Waals surface area (Å²) in [6.07, 6.45) is 2.32. The van der Waals surface area contributed by atoms with Gasteiger partial charge in [-0.3, -0.25) is 9.59 Å². The van der Waals surface area contributed by atoms with E-state index in [0.717, 1.165) is 23.8 Å². The quantitative estimate of drug-likeness (QED) is 0.680. The molecule has 2 aromatic rings. The molecule has 2 amide bonds. The number of carbonyl (C=O) groups excluding carboxylic acids is 2. The van der Waals surface area contributed by atoms with E-state index in [4.69, 9.17) is 0 Å². The number of nitrogens with one attached hydrogen (secondary N) is 2. The van der Waals surface area contributed by atoms with Crippen LogP contribution in [0, 0.1) is 5.92 Å². The van der Waals surface area contributed by atoms with E-state index in [1.54, 1.807) is 24.3 Å². The molecule has 1 fully saturated rings. The smallest absolute Gasteiger partial charge is 0.253 e. The zero-order valence-electron chi connectivity index (χ0n) is 15.9. The summed E-state index contributed by atoms with van der Waals surface area (Å²) in [5.41, 5.74) is 0.979. The van der Waals surface area contributed by atoms with Crippen molar-refractivity contribution in [1.29, 1.82) is 0 Å². The van der Waals surface area contributed by atoms with Crippen molar-refractivity contribution in [2.24, 2.45) is 13.0 Å². The molecular weight excluding hydrogens is 362 g/mol. The van der Waals surface area contributed by atoms with Gasteiger partial charge in [0.15, 0.2) is 5.16 Å². The number of para-hydroxylation sites is 1. The lowest BCUT2D eigenvalue weighted by atomic mass is 10.1. The van der Waals surface area contributed by atoms with Crippen LogP contribution in [0.25, 0.3) is 0 Å². The molecule has 2 N–H and O–H groups in total. The van der Waals surface area contributed by atoms with E-state index >= 15 is 0 Å². The molecule has 1 heterocycles. The minimum Gasteiger partial charge on any atom is -0.352 e. The topological polar surface area (TPSA) is 88.9 Å². The van der Waals surface area contributed by atoms with Crippen LogP contribution >= 0.6 is 11.8 Å². The van der Waals surface area contributed by atoms with E-state index in [9.17, 15) is 9.59 Å². The van der Waals surface area contributed by atoms with Gasteiger partial charge >= 0.3 is 0 Å². The number of hydrogen-bond acceptors (Lipinski definition) is 5. The van der Waals surface area contributed by atoms with E-state index in [1.165, 1.54) is 11.8 Å². The number of hydrogen-bond donors (Lipinski definition) is 2. The van der Waals surface area contributed by atoms with Crippen LogP contribution in [-0.2, 0) is 11.8 Å². The maximum Gasteiger partial charge on any atom is 0.253 e. The third kappa shape index (κ3) is 5.09. The van der Waals surface area contributed by atoms with Gasteiger partial charge in [0.2, 0.25) is 5.91 Å². The standard InChI is InChI=1S/C19H25N5O2S/c1-12(2)10-20-18(26)14-6-4-5-7-15(14)21-16(25)11-27-19-23-22-17(24(19)3)13-8-9-13/h4-7,12-13H,8-11H2,1-3H3,(H,20,26)(H,21,25). The minimum atomic E-state index is -0.186. The molecule has 7 nitrogen and oxygen atoms in total. The highest BCUT2D eigenvalue weighted by atomic mass is 32.2. The van der Waals surface area contributed by atoms with Gasteiger partial charge in [-0.2, -0.15) is 0 Å². The molecule has 0 saturated heterocycles. The van der Waals surface area contributed by atoms with Gasteiger partial charge in [0.1, 0.15) is 5.82 Å². The fourth-order valence-electron chi connectivity index (χ4n) is 2.65. The van der Waals surface area contributed by atoms with Crippen LogP contribution in [0.5, 0.6) is 0 Å². The average molecular weight is 388 g/mol. The molecule has 1 aliphatic carbocycles. The van der Waals surface area contributed by atoms with Gasteiger partial charge < -0.3 is 15.2 Å². The fourth-order valence-corrected chi connectivity index (χ4v) is 3.37. The number of nitrogens with zero attached hydrogens (tertiary/aromatic N) is 3. The molecule has 0 aliphatic heterocycles. The number of benzene rings is 1. The van der Waals surface area contributed by atoms with Crippen molar-refractivity contribution < 1.29 is 9.59 Å². The molecule has 0 spiro atoms. The Balaban J connectivity index is 1.58. The Morgan fingerprint density at radius 2 is 2.00 bits per heavy atom. The van der Waals surface area contributed by atoms with Crippen LogP contribution in [0.15, 0.2) is 29.4 Å². The van der Waals surface area contributed by atoms with E-state index in [-0.39, 0.29) is 17.6 Å². The maximum atomic E-state index is 12.4. The highest BCUT2D eigenvalue weighted by Crippen LogP contribution is 2.39. The lowest BCUT2D eigenvalue weighted by molar-refractivity contribution is -0.113. The van der Waals surface area contributed by atoms with Crippen molar-refractivity contribution in [2.75, 3.05) is 17.6 Å². The van der Waals surface area contributed by atoms with E-state index in [0.29, 0.717) is 29.6 Å². The van der Waals surface area contributed by atoms with Crippen molar-refractivity contribution >= 4 is 29.3 Å². The van der Waals surface area contributed by atoms with Gasteiger partial charge in [0, 0.05) is 19.5 Å². The molecule has 0 radical (unpaired) electrons. The summed E-state index contributed by atoms with van der Waals surface area (Å²) < 4.78 is 1.96. The minimum absolute atomic E-state index is 0.180.